The van der Waals surface area contributed by atoms with Crippen molar-refractivity contribution < 1.29 is 9.52 Å². The van der Waals surface area contributed by atoms with Crippen LogP contribution in [0.4, 0.5) is 5.69 Å². The zero-order valence-electron chi connectivity index (χ0n) is 10.5. The second-order valence-corrected chi connectivity index (χ2v) is 4.66. The molecule has 2 aromatic rings. The summed E-state index contributed by atoms with van der Waals surface area (Å²) in [6.07, 6.45) is 1.68. The van der Waals surface area contributed by atoms with E-state index in [9.17, 15) is 5.11 Å². The van der Waals surface area contributed by atoms with E-state index in [1.165, 1.54) is 0 Å². The second-order valence-electron chi connectivity index (χ2n) is 4.25. The number of rotatable bonds is 4. The third kappa shape index (κ3) is 2.52. The third-order valence-electron chi connectivity index (χ3n) is 3.04. The molecule has 0 amide bonds. The Morgan fingerprint density at radius 3 is 2.72 bits per heavy atom. The second kappa shape index (κ2) is 5.46. The lowest BCUT2D eigenvalue weighted by molar-refractivity contribution is 0.282. The maximum absolute atomic E-state index is 9.40. The summed E-state index contributed by atoms with van der Waals surface area (Å²) < 4.78 is 5.28. The highest BCUT2D eigenvalue weighted by atomic mass is 35.5. The standard InChI is InChI=1S/C14H16ClNO2/c1-10-11(6-7-18-10)8-16(2)14-5-3-4-13(15)12(14)9-17/h3-7,17H,8-9H2,1-2H3. The fourth-order valence-corrected chi connectivity index (χ4v) is 2.21. The third-order valence-corrected chi connectivity index (χ3v) is 3.39. The van der Waals surface area contributed by atoms with Crippen LogP contribution in [0.1, 0.15) is 16.9 Å². The average Bonchev–Trinajstić information content (AvgIpc) is 2.74. The van der Waals surface area contributed by atoms with Crippen molar-refractivity contribution in [1.29, 1.82) is 0 Å². The van der Waals surface area contributed by atoms with E-state index in [4.69, 9.17) is 16.0 Å². The largest absolute Gasteiger partial charge is 0.469 e. The minimum atomic E-state index is -0.0658. The number of aryl methyl sites for hydroxylation is 1. The minimum absolute atomic E-state index is 0.0658. The van der Waals surface area contributed by atoms with E-state index < -0.39 is 0 Å². The van der Waals surface area contributed by atoms with Gasteiger partial charge in [-0.1, -0.05) is 17.7 Å². The first kappa shape index (κ1) is 13.0. The van der Waals surface area contributed by atoms with E-state index in [0.717, 1.165) is 29.1 Å². The highest BCUT2D eigenvalue weighted by molar-refractivity contribution is 6.31. The maximum Gasteiger partial charge on any atom is 0.105 e. The van der Waals surface area contributed by atoms with Crippen LogP contribution >= 0.6 is 11.6 Å². The Morgan fingerprint density at radius 2 is 2.11 bits per heavy atom. The van der Waals surface area contributed by atoms with Gasteiger partial charge in [-0.2, -0.15) is 0 Å². The van der Waals surface area contributed by atoms with Gasteiger partial charge in [-0.3, -0.25) is 0 Å². The van der Waals surface area contributed by atoms with Gasteiger partial charge >= 0.3 is 0 Å². The normalized spacial score (nSPS) is 10.7. The molecule has 3 nitrogen and oxygen atoms in total. The van der Waals surface area contributed by atoms with Crippen LogP contribution < -0.4 is 4.90 Å². The molecule has 96 valence electrons. The van der Waals surface area contributed by atoms with Crippen LogP contribution in [0, 0.1) is 6.92 Å². The molecule has 0 atom stereocenters. The fraction of sp³-hybridized carbons (Fsp3) is 0.286. The van der Waals surface area contributed by atoms with Crippen LogP contribution in [-0.4, -0.2) is 12.2 Å². The number of nitrogens with zero attached hydrogens (tertiary/aromatic N) is 1. The van der Waals surface area contributed by atoms with Crippen molar-refractivity contribution in [2.45, 2.75) is 20.1 Å². The number of halogens is 1. The van der Waals surface area contributed by atoms with Crippen LogP contribution in [0.5, 0.6) is 0 Å². The first-order chi connectivity index (χ1) is 8.63. The highest BCUT2D eigenvalue weighted by Crippen LogP contribution is 2.28. The lowest BCUT2D eigenvalue weighted by atomic mass is 10.1. The SMILES string of the molecule is Cc1occc1CN(C)c1cccc(Cl)c1CO. The number of anilines is 1. The quantitative estimate of drug-likeness (QED) is 0.921. The van der Waals surface area contributed by atoms with Gasteiger partial charge in [-0.05, 0) is 25.1 Å². The Bertz CT molecular complexity index is 536. The summed E-state index contributed by atoms with van der Waals surface area (Å²) in [6.45, 7) is 2.59. The Balaban J connectivity index is 2.26. The van der Waals surface area contributed by atoms with Crippen molar-refractivity contribution in [3.8, 4) is 0 Å². The van der Waals surface area contributed by atoms with E-state index in [1.54, 1.807) is 12.3 Å². The smallest absolute Gasteiger partial charge is 0.105 e. The molecular formula is C14H16ClNO2. The molecule has 0 bridgehead atoms. The molecule has 1 aromatic carbocycles. The van der Waals surface area contributed by atoms with Crippen molar-refractivity contribution >= 4 is 17.3 Å². The first-order valence-electron chi connectivity index (χ1n) is 5.76. The highest BCUT2D eigenvalue weighted by Gasteiger charge is 2.12. The lowest BCUT2D eigenvalue weighted by Gasteiger charge is -2.22. The maximum atomic E-state index is 9.40. The molecule has 0 aliphatic rings. The molecule has 0 saturated carbocycles. The fourth-order valence-electron chi connectivity index (χ4n) is 1.98. The van der Waals surface area contributed by atoms with Crippen molar-refractivity contribution in [1.82, 2.24) is 0 Å². The van der Waals surface area contributed by atoms with Crippen LogP contribution in [-0.2, 0) is 13.2 Å². The average molecular weight is 266 g/mol. The Hall–Kier alpha value is -1.45. The molecule has 18 heavy (non-hydrogen) atoms. The summed E-state index contributed by atoms with van der Waals surface area (Å²) in [7, 11) is 1.97. The summed E-state index contributed by atoms with van der Waals surface area (Å²) in [4.78, 5) is 2.05. The molecule has 0 fully saturated rings. The topological polar surface area (TPSA) is 36.6 Å². The molecule has 1 aromatic heterocycles. The van der Waals surface area contributed by atoms with E-state index in [-0.39, 0.29) is 6.61 Å². The van der Waals surface area contributed by atoms with Gasteiger partial charge in [0.05, 0.1) is 12.9 Å². The van der Waals surface area contributed by atoms with Crippen LogP contribution in [0.15, 0.2) is 34.9 Å². The van der Waals surface area contributed by atoms with Crippen molar-refractivity contribution in [3.63, 3.8) is 0 Å². The number of aliphatic hydroxyl groups excluding tert-OH is 1. The number of aliphatic hydroxyl groups is 1. The summed E-state index contributed by atoms with van der Waals surface area (Å²) in [6, 6.07) is 7.57. The molecule has 0 saturated heterocycles. The Labute approximate surface area is 112 Å². The van der Waals surface area contributed by atoms with Crippen molar-refractivity contribution in [2.75, 3.05) is 11.9 Å². The number of hydrogen-bond acceptors (Lipinski definition) is 3. The van der Waals surface area contributed by atoms with E-state index in [2.05, 4.69) is 4.90 Å². The molecule has 1 heterocycles. The summed E-state index contributed by atoms with van der Waals surface area (Å²) >= 11 is 6.08. The molecule has 0 spiro atoms. The molecule has 1 N–H and O–H groups in total. The zero-order valence-corrected chi connectivity index (χ0v) is 11.2. The van der Waals surface area contributed by atoms with Gasteiger partial charge in [-0.25, -0.2) is 0 Å². The zero-order chi connectivity index (χ0) is 13.1. The van der Waals surface area contributed by atoms with Gasteiger partial charge in [0.25, 0.3) is 0 Å². The number of hydrogen-bond donors (Lipinski definition) is 1. The number of furan rings is 1. The summed E-state index contributed by atoms with van der Waals surface area (Å²) in [5.74, 6) is 0.912. The molecular weight excluding hydrogens is 250 g/mol. The van der Waals surface area contributed by atoms with Gasteiger partial charge < -0.3 is 14.4 Å². The monoisotopic (exact) mass is 265 g/mol. The Morgan fingerprint density at radius 1 is 1.33 bits per heavy atom. The molecule has 0 radical (unpaired) electrons. The minimum Gasteiger partial charge on any atom is -0.469 e. The number of benzene rings is 1. The van der Waals surface area contributed by atoms with Crippen LogP contribution in [0.25, 0.3) is 0 Å². The van der Waals surface area contributed by atoms with Gasteiger partial charge in [-0.15, -0.1) is 0 Å². The van der Waals surface area contributed by atoms with Gasteiger partial charge in [0.2, 0.25) is 0 Å². The molecule has 0 aliphatic carbocycles. The molecule has 4 heteroatoms. The van der Waals surface area contributed by atoms with Crippen LogP contribution in [0.3, 0.4) is 0 Å². The molecule has 0 unspecified atom stereocenters. The van der Waals surface area contributed by atoms with Gasteiger partial charge in [0, 0.05) is 35.4 Å². The predicted molar refractivity (Wildman–Crippen MR) is 72.9 cm³/mol. The summed E-state index contributed by atoms with van der Waals surface area (Å²) in [5, 5.41) is 9.99. The van der Waals surface area contributed by atoms with Crippen molar-refractivity contribution in [3.05, 3.63) is 52.4 Å². The van der Waals surface area contributed by atoms with Gasteiger partial charge in [0.1, 0.15) is 5.76 Å². The molecule has 2 rings (SSSR count). The van der Waals surface area contributed by atoms with E-state index in [1.807, 2.05) is 32.2 Å². The van der Waals surface area contributed by atoms with E-state index in [0.29, 0.717) is 5.02 Å². The first-order valence-corrected chi connectivity index (χ1v) is 6.13. The predicted octanol–water partition coefficient (Wildman–Crippen LogP) is 3.37. The van der Waals surface area contributed by atoms with Gasteiger partial charge in [0.15, 0.2) is 0 Å². The summed E-state index contributed by atoms with van der Waals surface area (Å²) in [5.41, 5.74) is 2.81. The Kier molecular flexibility index (Phi) is 3.94. The lowest BCUT2D eigenvalue weighted by Crippen LogP contribution is -2.18. The van der Waals surface area contributed by atoms with Crippen LogP contribution in [0.2, 0.25) is 5.02 Å². The van der Waals surface area contributed by atoms with Crippen molar-refractivity contribution in [2.24, 2.45) is 0 Å². The van der Waals surface area contributed by atoms with E-state index >= 15 is 0 Å². The molecule has 0 aliphatic heterocycles.